The summed E-state index contributed by atoms with van der Waals surface area (Å²) in [5.41, 5.74) is 3.32. The zero-order valence-electron chi connectivity index (χ0n) is 13.7. The lowest BCUT2D eigenvalue weighted by Gasteiger charge is -2.05. The van der Waals surface area contributed by atoms with Crippen molar-refractivity contribution in [2.75, 3.05) is 11.9 Å². The van der Waals surface area contributed by atoms with E-state index in [-0.39, 0.29) is 5.91 Å². The molecule has 0 radical (unpaired) electrons. The van der Waals surface area contributed by atoms with Crippen LogP contribution in [-0.2, 0) is 0 Å². The number of hydrogen-bond acceptors (Lipinski definition) is 3. The van der Waals surface area contributed by atoms with Gasteiger partial charge in [0.15, 0.2) is 5.82 Å². The van der Waals surface area contributed by atoms with E-state index in [9.17, 15) is 4.79 Å². The molecule has 2 N–H and O–H groups in total. The lowest BCUT2D eigenvalue weighted by molar-refractivity contribution is 0.101. The molecular formula is C19H19N3O2. The highest BCUT2D eigenvalue weighted by Gasteiger charge is 2.15. The van der Waals surface area contributed by atoms with Gasteiger partial charge in [-0.1, -0.05) is 30.3 Å². The molecule has 1 heterocycles. The molecule has 24 heavy (non-hydrogen) atoms. The van der Waals surface area contributed by atoms with E-state index in [1.165, 1.54) is 0 Å². The molecule has 5 nitrogen and oxygen atoms in total. The Hall–Kier alpha value is -3.08. The van der Waals surface area contributed by atoms with Crippen molar-refractivity contribution in [1.29, 1.82) is 0 Å². The van der Waals surface area contributed by atoms with Gasteiger partial charge in [-0.05, 0) is 38.1 Å². The molecule has 0 atom stereocenters. The molecule has 2 aromatic carbocycles. The third kappa shape index (κ3) is 3.46. The van der Waals surface area contributed by atoms with Crippen LogP contribution in [-0.4, -0.2) is 22.5 Å². The highest BCUT2D eigenvalue weighted by Crippen LogP contribution is 2.21. The number of benzene rings is 2. The van der Waals surface area contributed by atoms with Crippen molar-refractivity contribution >= 4 is 11.6 Å². The Labute approximate surface area is 140 Å². The van der Waals surface area contributed by atoms with E-state index in [4.69, 9.17) is 4.74 Å². The summed E-state index contributed by atoms with van der Waals surface area (Å²) in [7, 11) is 0. The van der Waals surface area contributed by atoms with Crippen molar-refractivity contribution in [3.8, 4) is 17.0 Å². The number of nitrogens with one attached hydrogen (secondary N) is 2. The average molecular weight is 321 g/mol. The number of carbonyl (C=O) groups excluding carboxylic acids is 1. The second kappa shape index (κ2) is 7.00. The van der Waals surface area contributed by atoms with Gasteiger partial charge < -0.3 is 15.0 Å². The molecule has 5 heteroatoms. The minimum absolute atomic E-state index is 0.274. The predicted octanol–water partition coefficient (Wildman–Crippen LogP) is 4.04. The molecular weight excluding hydrogens is 302 g/mol. The second-order valence-corrected chi connectivity index (χ2v) is 5.34. The first-order chi connectivity index (χ1) is 11.7. The highest BCUT2D eigenvalue weighted by atomic mass is 16.5. The molecule has 0 aliphatic rings. The Morgan fingerprint density at radius 1 is 1.12 bits per heavy atom. The molecule has 122 valence electrons. The molecule has 1 amide bonds. The maximum Gasteiger partial charge on any atom is 0.291 e. The monoisotopic (exact) mass is 321 g/mol. The fraction of sp³-hybridized carbons (Fsp3) is 0.158. The van der Waals surface area contributed by atoms with Crippen LogP contribution in [0.4, 0.5) is 5.69 Å². The molecule has 3 aromatic rings. The molecule has 0 bridgehead atoms. The number of H-pyrrole nitrogens is 1. The summed E-state index contributed by atoms with van der Waals surface area (Å²) in [6.45, 7) is 4.45. The molecule has 1 aromatic heterocycles. The van der Waals surface area contributed by atoms with Crippen molar-refractivity contribution in [1.82, 2.24) is 9.97 Å². The third-order valence-corrected chi connectivity index (χ3v) is 3.57. The van der Waals surface area contributed by atoms with Crippen molar-refractivity contribution in [3.63, 3.8) is 0 Å². The number of nitrogens with zero attached hydrogens (tertiary/aromatic N) is 1. The maximum absolute atomic E-state index is 12.4. The fourth-order valence-corrected chi connectivity index (χ4v) is 2.44. The lowest BCUT2D eigenvalue weighted by Crippen LogP contribution is -2.13. The molecule has 0 aliphatic carbocycles. The Morgan fingerprint density at radius 2 is 1.83 bits per heavy atom. The van der Waals surface area contributed by atoms with Gasteiger partial charge in [0.2, 0.25) is 0 Å². The Bertz CT molecular complexity index is 824. The third-order valence-electron chi connectivity index (χ3n) is 3.57. The summed E-state index contributed by atoms with van der Waals surface area (Å²) in [4.78, 5) is 19.9. The number of rotatable bonds is 5. The van der Waals surface area contributed by atoms with Gasteiger partial charge in [-0.2, -0.15) is 0 Å². The zero-order chi connectivity index (χ0) is 16.9. The zero-order valence-corrected chi connectivity index (χ0v) is 13.7. The highest BCUT2D eigenvalue weighted by molar-refractivity contribution is 6.02. The lowest BCUT2D eigenvalue weighted by atomic mass is 10.1. The molecule has 0 aliphatic heterocycles. The number of aromatic amines is 1. The Kier molecular flexibility index (Phi) is 4.61. The molecule has 3 rings (SSSR count). The number of imidazole rings is 1. The van der Waals surface area contributed by atoms with E-state index in [2.05, 4.69) is 15.3 Å². The minimum Gasteiger partial charge on any atom is -0.494 e. The SMILES string of the molecule is CCOc1ccc(NC(=O)c2nc(-c3ccccc3)c(C)[nH]2)cc1. The summed E-state index contributed by atoms with van der Waals surface area (Å²) in [5, 5.41) is 2.83. The van der Waals surface area contributed by atoms with Crippen LogP contribution in [0, 0.1) is 6.92 Å². The van der Waals surface area contributed by atoms with Crippen molar-refractivity contribution in [3.05, 3.63) is 66.1 Å². The summed E-state index contributed by atoms with van der Waals surface area (Å²) in [6, 6.07) is 17.0. The van der Waals surface area contributed by atoms with Crippen LogP contribution in [0.2, 0.25) is 0 Å². The van der Waals surface area contributed by atoms with Crippen LogP contribution >= 0.6 is 0 Å². The first-order valence-corrected chi connectivity index (χ1v) is 7.83. The van der Waals surface area contributed by atoms with Crippen LogP contribution in [0.25, 0.3) is 11.3 Å². The minimum atomic E-state index is -0.274. The molecule has 0 saturated heterocycles. The summed E-state index contributed by atoms with van der Waals surface area (Å²) >= 11 is 0. The number of ether oxygens (including phenoxy) is 1. The van der Waals surface area contributed by atoms with E-state index >= 15 is 0 Å². The van der Waals surface area contributed by atoms with Crippen LogP contribution < -0.4 is 10.1 Å². The molecule has 0 fully saturated rings. The topological polar surface area (TPSA) is 67.0 Å². The van der Waals surface area contributed by atoms with Gasteiger partial charge in [0.25, 0.3) is 5.91 Å². The summed E-state index contributed by atoms with van der Waals surface area (Å²) in [5.74, 6) is 0.792. The number of aryl methyl sites for hydroxylation is 1. The van der Waals surface area contributed by atoms with Crippen LogP contribution in [0.5, 0.6) is 5.75 Å². The summed E-state index contributed by atoms with van der Waals surface area (Å²) in [6.07, 6.45) is 0. The average Bonchev–Trinajstić information content (AvgIpc) is 3.00. The van der Waals surface area contributed by atoms with Crippen LogP contribution in [0.3, 0.4) is 0 Å². The van der Waals surface area contributed by atoms with Crippen LogP contribution in [0.15, 0.2) is 54.6 Å². The van der Waals surface area contributed by atoms with E-state index < -0.39 is 0 Å². The maximum atomic E-state index is 12.4. The van der Waals surface area contributed by atoms with Gasteiger partial charge in [0.1, 0.15) is 5.75 Å². The van der Waals surface area contributed by atoms with E-state index in [0.717, 1.165) is 22.7 Å². The Morgan fingerprint density at radius 3 is 2.50 bits per heavy atom. The first kappa shape index (κ1) is 15.8. The number of hydrogen-bond donors (Lipinski definition) is 2. The first-order valence-electron chi connectivity index (χ1n) is 7.83. The normalized spacial score (nSPS) is 10.4. The van der Waals surface area contributed by atoms with Gasteiger partial charge in [0.05, 0.1) is 12.3 Å². The Balaban J connectivity index is 1.76. The number of aromatic nitrogens is 2. The quantitative estimate of drug-likeness (QED) is 0.745. The summed E-state index contributed by atoms with van der Waals surface area (Å²) < 4.78 is 5.39. The van der Waals surface area contributed by atoms with Crippen molar-refractivity contribution in [2.45, 2.75) is 13.8 Å². The van der Waals surface area contributed by atoms with Gasteiger partial charge in [-0.25, -0.2) is 4.98 Å². The smallest absolute Gasteiger partial charge is 0.291 e. The standard InChI is InChI=1S/C19H19N3O2/c1-3-24-16-11-9-15(10-12-16)21-19(23)18-20-13(2)17(22-18)14-7-5-4-6-8-14/h4-12H,3H2,1-2H3,(H,20,22)(H,21,23). The molecule has 0 unspecified atom stereocenters. The van der Waals surface area contributed by atoms with Crippen molar-refractivity contribution in [2.24, 2.45) is 0 Å². The van der Waals surface area contributed by atoms with E-state index in [1.54, 1.807) is 12.1 Å². The number of amides is 1. The van der Waals surface area contributed by atoms with Gasteiger partial charge >= 0.3 is 0 Å². The predicted molar refractivity (Wildman–Crippen MR) is 94.3 cm³/mol. The van der Waals surface area contributed by atoms with Crippen LogP contribution in [0.1, 0.15) is 23.2 Å². The largest absolute Gasteiger partial charge is 0.494 e. The van der Waals surface area contributed by atoms with Crippen molar-refractivity contribution < 1.29 is 9.53 Å². The van der Waals surface area contributed by atoms with Gasteiger partial charge in [-0.15, -0.1) is 0 Å². The van der Waals surface area contributed by atoms with E-state index in [1.807, 2.05) is 56.3 Å². The molecule has 0 saturated carbocycles. The number of anilines is 1. The second-order valence-electron chi connectivity index (χ2n) is 5.34. The van der Waals surface area contributed by atoms with E-state index in [0.29, 0.717) is 18.1 Å². The van der Waals surface area contributed by atoms with Gasteiger partial charge in [-0.3, -0.25) is 4.79 Å². The van der Waals surface area contributed by atoms with Gasteiger partial charge in [0, 0.05) is 16.9 Å². The molecule has 0 spiro atoms. The fourth-order valence-electron chi connectivity index (χ4n) is 2.44. The number of carbonyl (C=O) groups is 1.